The lowest BCUT2D eigenvalue weighted by molar-refractivity contribution is -0.142. The number of carbonyl (C=O) groups excluding carboxylic acids is 7. The van der Waals surface area contributed by atoms with E-state index in [-0.39, 0.29) is 82.7 Å². The van der Waals surface area contributed by atoms with E-state index < -0.39 is 95.7 Å². The Bertz CT molecular complexity index is 2270. The van der Waals surface area contributed by atoms with Crippen molar-refractivity contribution < 1.29 is 43.5 Å². The minimum atomic E-state index is -1.34. The molecule has 0 aliphatic carbocycles. The second kappa shape index (κ2) is 35.6. The number of aliphatic carboxylic acids is 1. The summed E-state index contributed by atoms with van der Waals surface area (Å²) in [5.74, 6) is -5.44. The summed E-state index contributed by atoms with van der Waals surface area (Å²) in [4.78, 5) is 108. The number of carbonyl (C=O) groups is 8. The fraction of sp³-hybridized carbons (Fsp3) is 0.544. The molecule has 0 radical (unpaired) electrons. The van der Waals surface area contributed by atoms with Crippen molar-refractivity contribution in [3.05, 3.63) is 108 Å². The van der Waals surface area contributed by atoms with Crippen LogP contribution in [0.2, 0.25) is 0 Å². The van der Waals surface area contributed by atoms with Crippen molar-refractivity contribution in [2.45, 2.75) is 166 Å². The summed E-state index contributed by atoms with van der Waals surface area (Å²) in [7, 11) is 0. The molecule has 0 unspecified atom stereocenters. The van der Waals surface area contributed by atoms with Gasteiger partial charge < -0.3 is 65.3 Å². The zero-order valence-electron chi connectivity index (χ0n) is 45.5. The topological polar surface area (TPSA) is 345 Å². The highest BCUT2D eigenvalue weighted by Crippen LogP contribution is 2.13. The van der Waals surface area contributed by atoms with Crippen molar-refractivity contribution in [1.29, 1.82) is 0 Å². The van der Waals surface area contributed by atoms with Gasteiger partial charge in [-0.05, 0) is 132 Å². The Labute approximate surface area is 454 Å². The summed E-state index contributed by atoms with van der Waals surface area (Å²) >= 11 is 0. The molecular formula is C57H87N11O9. The first-order chi connectivity index (χ1) is 36.8. The third-order valence-corrected chi connectivity index (χ3v) is 12.9. The summed E-state index contributed by atoms with van der Waals surface area (Å²) in [6, 6.07) is 19.5. The average molecular weight is 1070 g/mol. The van der Waals surface area contributed by atoms with E-state index in [0.717, 1.165) is 16.7 Å². The Morgan fingerprint density at radius 3 is 1.22 bits per heavy atom. The van der Waals surface area contributed by atoms with E-state index in [9.17, 15) is 43.5 Å². The Morgan fingerprint density at radius 1 is 0.416 bits per heavy atom. The van der Waals surface area contributed by atoms with Crippen molar-refractivity contribution in [1.82, 2.24) is 37.2 Å². The van der Waals surface area contributed by atoms with Crippen molar-refractivity contribution in [3.8, 4) is 0 Å². The van der Waals surface area contributed by atoms with E-state index in [4.69, 9.17) is 22.9 Å². The predicted octanol–water partition coefficient (Wildman–Crippen LogP) is 2.00. The molecule has 424 valence electrons. The SMILES string of the molecule is CC(C)C[C@@H](NC(=O)[C@H](N)Cc1ccccc1)C(=O)N[C@H](CCCN)C(=O)N[C@H](CCCCNC(=O)[C@@H](CCCCN)NC(=O)[C@@H](CC(C)C)NC(=O)[C@@H](CCc1ccccc1)NC(=O)[C@H](N)Cc1ccccc1)C(=O)O. The van der Waals surface area contributed by atoms with Gasteiger partial charge in [-0.15, -0.1) is 0 Å². The van der Waals surface area contributed by atoms with Crippen LogP contribution in [0, 0.1) is 11.8 Å². The number of carboxylic acid groups (broad SMARTS) is 1. The lowest BCUT2D eigenvalue weighted by Gasteiger charge is -2.27. The van der Waals surface area contributed by atoms with Crippen molar-refractivity contribution in [2.24, 2.45) is 34.8 Å². The minimum Gasteiger partial charge on any atom is -0.480 e. The molecule has 0 aliphatic heterocycles. The van der Waals surface area contributed by atoms with Crippen LogP contribution in [0.1, 0.15) is 115 Å². The maximum atomic E-state index is 14.1. The van der Waals surface area contributed by atoms with Crippen LogP contribution in [0.15, 0.2) is 91.0 Å². The molecule has 8 atom stereocenters. The summed E-state index contributed by atoms with van der Waals surface area (Å²) in [6.45, 7) is 8.22. The predicted molar refractivity (Wildman–Crippen MR) is 297 cm³/mol. The van der Waals surface area contributed by atoms with E-state index in [1.54, 1.807) is 0 Å². The second-order valence-corrected chi connectivity index (χ2v) is 20.6. The molecule has 77 heavy (non-hydrogen) atoms. The Hall–Kier alpha value is -6.74. The van der Waals surface area contributed by atoms with Gasteiger partial charge in [-0.1, -0.05) is 119 Å². The van der Waals surface area contributed by atoms with E-state index in [1.807, 2.05) is 119 Å². The van der Waals surface area contributed by atoms with E-state index in [1.165, 1.54) is 0 Å². The first-order valence-electron chi connectivity index (χ1n) is 27.2. The van der Waals surface area contributed by atoms with Gasteiger partial charge in [0.2, 0.25) is 41.4 Å². The van der Waals surface area contributed by atoms with Crippen LogP contribution < -0.4 is 60.2 Å². The smallest absolute Gasteiger partial charge is 0.326 e. The van der Waals surface area contributed by atoms with Crippen molar-refractivity contribution in [3.63, 3.8) is 0 Å². The first kappa shape index (κ1) is 64.5. The number of aryl methyl sites for hydroxylation is 1. The van der Waals surface area contributed by atoms with E-state index in [2.05, 4.69) is 37.2 Å². The van der Waals surface area contributed by atoms with Gasteiger partial charge in [0.05, 0.1) is 12.1 Å². The van der Waals surface area contributed by atoms with Crippen LogP contribution in [0.5, 0.6) is 0 Å². The molecule has 0 bridgehead atoms. The van der Waals surface area contributed by atoms with Crippen LogP contribution >= 0.6 is 0 Å². The Kier molecular flexibility index (Phi) is 29.8. The molecule has 3 aromatic carbocycles. The number of nitrogens with two attached hydrogens (primary N) is 4. The zero-order valence-corrected chi connectivity index (χ0v) is 45.5. The van der Waals surface area contributed by atoms with Gasteiger partial charge in [0, 0.05) is 6.54 Å². The summed E-state index contributed by atoms with van der Waals surface area (Å²) in [5, 5.41) is 29.5. The third-order valence-electron chi connectivity index (χ3n) is 12.9. The highest BCUT2D eigenvalue weighted by atomic mass is 16.4. The number of rotatable bonds is 37. The number of hydrogen-bond acceptors (Lipinski definition) is 12. The molecule has 0 spiro atoms. The van der Waals surface area contributed by atoms with Crippen molar-refractivity contribution in [2.75, 3.05) is 19.6 Å². The van der Waals surface area contributed by atoms with E-state index in [0.29, 0.717) is 38.6 Å². The molecule has 0 aromatic heterocycles. The minimum absolute atomic E-state index is 0.0150. The maximum absolute atomic E-state index is 14.1. The number of nitrogens with one attached hydrogen (secondary N) is 7. The van der Waals surface area contributed by atoms with Gasteiger partial charge in [-0.2, -0.15) is 0 Å². The first-order valence-corrected chi connectivity index (χ1v) is 27.2. The fourth-order valence-corrected chi connectivity index (χ4v) is 8.62. The fourth-order valence-electron chi connectivity index (χ4n) is 8.62. The molecule has 20 nitrogen and oxygen atoms in total. The standard InChI is InChI=1S/C57H87N11O9/c1-37(2)33-48(67-51(70)43(61)36-41-23-12-7-13-24-41)55(74)65-45(27-18-31-59)53(72)66-47(57(76)77)26-15-17-32-62-52(71)44(25-14-16-30-58)64-56(75)49(34-38(3)4)68-54(73)46(29-28-39-19-8-5-9-20-39)63-50(69)42(60)35-40-21-10-6-11-22-40/h5-13,19-24,37-38,42-49H,14-18,25-36,58-61H2,1-4H3,(H,62,71)(H,63,69)(H,64,75)(H,65,74)(H,66,72)(H,67,70)(H,68,73)(H,76,77)/t42-,43-,44-,45-,46-,47-,48-,49-/m1/s1. The van der Waals surface area contributed by atoms with Crippen LogP contribution in [-0.4, -0.2) is 120 Å². The number of unbranched alkanes of at least 4 members (excludes halogenated alkanes) is 2. The largest absolute Gasteiger partial charge is 0.480 e. The maximum Gasteiger partial charge on any atom is 0.326 e. The zero-order chi connectivity index (χ0) is 56.7. The van der Waals surface area contributed by atoms with Crippen LogP contribution in [0.3, 0.4) is 0 Å². The molecule has 0 heterocycles. The monoisotopic (exact) mass is 1070 g/mol. The van der Waals surface area contributed by atoms with Crippen molar-refractivity contribution >= 4 is 47.3 Å². The number of carboxylic acids is 1. The van der Waals surface area contributed by atoms with Gasteiger partial charge in [-0.25, -0.2) is 4.79 Å². The lowest BCUT2D eigenvalue weighted by atomic mass is 9.99. The van der Waals surface area contributed by atoms with Gasteiger partial charge in [0.15, 0.2) is 0 Å². The quantitative estimate of drug-likeness (QED) is 0.0368. The number of hydrogen-bond donors (Lipinski definition) is 12. The van der Waals surface area contributed by atoms with Gasteiger partial charge in [0.1, 0.15) is 36.3 Å². The lowest BCUT2D eigenvalue weighted by Crippen LogP contribution is -2.58. The third kappa shape index (κ3) is 25.3. The summed E-state index contributed by atoms with van der Waals surface area (Å²) in [5.41, 5.74) is 26.7. The molecule has 0 fully saturated rings. The number of amides is 7. The highest BCUT2D eigenvalue weighted by molar-refractivity contribution is 5.96. The van der Waals surface area contributed by atoms with Gasteiger partial charge >= 0.3 is 5.97 Å². The molecule has 0 saturated carbocycles. The average Bonchev–Trinajstić information content (AvgIpc) is 3.39. The Balaban J connectivity index is 1.64. The van der Waals surface area contributed by atoms with Crippen LogP contribution in [0.4, 0.5) is 0 Å². The molecule has 0 saturated heterocycles. The molecular weight excluding hydrogens is 983 g/mol. The van der Waals surface area contributed by atoms with Crippen LogP contribution in [0.25, 0.3) is 0 Å². The molecule has 20 heteroatoms. The molecule has 16 N–H and O–H groups in total. The number of benzene rings is 3. The van der Waals surface area contributed by atoms with Crippen LogP contribution in [-0.2, 0) is 57.6 Å². The molecule has 7 amide bonds. The molecule has 3 rings (SSSR count). The highest BCUT2D eigenvalue weighted by Gasteiger charge is 2.33. The summed E-state index contributed by atoms with van der Waals surface area (Å²) in [6.07, 6.45) is 3.98. The normalized spacial score (nSPS) is 14.4. The van der Waals surface area contributed by atoms with E-state index >= 15 is 0 Å². The van der Waals surface area contributed by atoms with Gasteiger partial charge in [0.25, 0.3) is 0 Å². The molecule has 0 aliphatic rings. The second-order valence-electron chi connectivity index (χ2n) is 20.6. The Morgan fingerprint density at radius 2 is 0.766 bits per heavy atom. The van der Waals surface area contributed by atoms with Gasteiger partial charge in [-0.3, -0.25) is 33.6 Å². The molecule has 3 aromatic rings. The summed E-state index contributed by atoms with van der Waals surface area (Å²) < 4.78 is 0.